The van der Waals surface area contributed by atoms with Crippen molar-refractivity contribution in [2.45, 2.75) is 0 Å². The van der Waals surface area contributed by atoms with Crippen LogP contribution < -0.4 is 20.9 Å². The van der Waals surface area contributed by atoms with E-state index in [1.54, 1.807) is 12.5 Å². The second-order valence-corrected chi connectivity index (χ2v) is 4.86. The first-order valence-corrected chi connectivity index (χ1v) is 7.54. The van der Waals surface area contributed by atoms with Crippen molar-refractivity contribution in [2.75, 3.05) is 48.8 Å². The summed E-state index contributed by atoms with van der Waals surface area (Å²) < 4.78 is 0. The summed E-state index contributed by atoms with van der Waals surface area (Å²) in [5.41, 5.74) is 1.71. The van der Waals surface area contributed by atoms with Crippen LogP contribution in [0.4, 0.5) is 17.2 Å². The van der Waals surface area contributed by atoms with Gasteiger partial charge in [0, 0.05) is 39.4 Å². The van der Waals surface area contributed by atoms with Gasteiger partial charge in [0.2, 0.25) is 6.41 Å². The molecule has 1 fully saturated rings. The van der Waals surface area contributed by atoms with Crippen molar-refractivity contribution >= 4 is 23.6 Å². The first-order valence-electron chi connectivity index (χ1n) is 7.54. The van der Waals surface area contributed by atoms with Crippen molar-refractivity contribution in [1.82, 2.24) is 15.3 Å². The van der Waals surface area contributed by atoms with Crippen LogP contribution in [0.1, 0.15) is 0 Å². The molecule has 3 rings (SSSR count). The van der Waals surface area contributed by atoms with Gasteiger partial charge in [-0.25, -0.2) is 9.97 Å². The molecule has 1 aromatic carbocycles. The minimum absolute atomic E-state index is 0.663. The fraction of sp³-hybridized carbons (Fsp3) is 0.312. The number of carbonyl (C=O) groups excluding carboxylic acids is 1. The molecule has 122 valence electrons. The van der Waals surface area contributed by atoms with E-state index in [0.717, 1.165) is 43.4 Å². The third-order valence-electron chi connectivity index (χ3n) is 3.42. The zero-order chi connectivity index (χ0) is 16.3. The van der Waals surface area contributed by atoms with Gasteiger partial charge in [-0.05, 0) is 18.2 Å². The molecule has 0 radical (unpaired) electrons. The van der Waals surface area contributed by atoms with Crippen LogP contribution in [-0.2, 0) is 4.79 Å². The van der Waals surface area contributed by atoms with Gasteiger partial charge in [-0.3, -0.25) is 4.79 Å². The first kappa shape index (κ1) is 16.7. The van der Waals surface area contributed by atoms with Crippen molar-refractivity contribution in [3.63, 3.8) is 0 Å². The van der Waals surface area contributed by atoms with E-state index in [2.05, 4.69) is 30.8 Å². The predicted octanol–water partition coefficient (Wildman–Crippen LogP) is 1.18. The Morgan fingerprint density at radius 2 is 1.91 bits per heavy atom. The summed E-state index contributed by atoms with van der Waals surface area (Å²) >= 11 is 0. The van der Waals surface area contributed by atoms with Crippen LogP contribution in [0.25, 0.3) is 0 Å². The minimum atomic E-state index is 0.663. The smallest absolute Gasteiger partial charge is 0.211 e. The van der Waals surface area contributed by atoms with E-state index in [1.807, 2.05) is 37.4 Å². The third-order valence-corrected chi connectivity index (χ3v) is 3.42. The Labute approximate surface area is 136 Å². The molecule has 1 aromatic heterocycles. The van der Waals surface area contributed by atoms with Crippen molar-refractivity contribution in [1.29, 1.82) is 0 Å². The van der Waals surface area contributed by atoms with Crippen molar-refractivity contribution < 1.29 is 4.79 Å². The Morgan fingerprint density at radius 1 is 1.17 bits per heavy atom. The third kappa shape index (κ3) is 5.23. The van der Waals surface area contributed by atoms with Crippen molar-refractivity contribution in [3.05, 3.63) is 42.9 Å². The predicted molar refractivity (Wildman–Crippen MR) is 92.8 cm³/mol. The van der Waals surface area contributed by atoms with Gasteiger partial charge in [0.05, 0.1) is 11.4 Å². The highest BCUT2D eigenvalue weighted by Gasteiger charge is 2.10. The Balaban J connectivity index is 0.000000168. The summed E-state index contributed by atoms with van der Waals surface area (Å²) in [6, 6.07) is 9.45. The van der Waals surface area contributed by atoms with Crippen LogP contribution in [0, 0.1) is 0 Å². The number of carbonyl (C=O) groups is 1. The molecule has 7 heteroatoms. The van der Waals surface area contributed by atoms with Gasteiger partial charge in [-0.15, -0.1) is 0 Å². The van der Waals surface area contributed by atoms with Crippen LogP contribution >= 0.6 is 0 Å². The van der Waals surface area contributed by atoms with Crippen LogP contribution in [-0.4, -0.2) is 49.6 Å². The number of anilines is 3. The van der Waals surface area contributed by atoms with Gasteiger partial charge >= 0.3 is 0 Å². The SMILES string of the molecule is CNc1ccccc1NC=O.c1cc(N2CCNCC2)ncn1. The monoisotopic (exact) mass is 314 g/mol. The fourth-order valence-corrected chi connectivity index (χ4v) is 2.26. The quantitative estimate of drug-likeness (QED) is 0.735. The second kappa shape index (κ2) is 9.37. The summed E-state index contributed by atoms with van der Waals surface area (Å²) in [5.74, 6) is 1.03. The van der Waals surface area contributed by atoms with Crippen molar-refractivity contribution in [3.8, 4) is 0 Å². The summed E-state index contributed by atoms with van der Waals surface area (Å²) in [5, 5.41) is 8.84. The molecule has 1 amide bonds. The van der Waals surface area contributed by atoms with Gasteiger partial charge in [-0.2, -0.15) is 0 Å². The molecule has 0 atom stereocenters. The maximum atomic E-state index is 10.1. The number of para-hydroxylation sites is 2. The number of benzene rings is 1. The van der Waals surface area contributed by atoms with Gasteiger partial charge in [0.15, 0.2) is 0 Å². The van der Waals surface area contributed by atoms with E-state index < -0.39 is 0 Å². The lowest BCUT2D eigenvalue weighted by Crippen LogP contribution is -2.43. The standard InChI is InChI=1S/C8H12N4.C8H10N2O/c1-2-10-7-11-8(1)12-5-3-9-4-6-12;1-9-7-4-2-3-5-8(7)10-6-11/h1-2,7,9H,3-6H2;2-6,9H,1H3,(H,10,11). The Morgan fingerprint density at radius 3 is 2.52 bits per heavy atom. The first-order chi connectivity index (χ1) is 11.3. The molecule has 2 heterocycles. The van der Waals surface area contributed by atoms with E-state index >= 15 is 0 Å². The Hall–Kier alpha value is -2.67. The molecule has 1 aliphatic heterocycles. The molecule has 0 aliphatic carbocycles. The van der Waals surface area contributed by atoms with Gasteiger partial charge in [0.1, 0.15) is 12.1 Å². The number of rotatable bonds is 4. The molecule has 3 N–H and O–H groups in total. The molecular weight excluding hydrogens is 292 g/mol. The van der Waals surface area contributed by atoms with E-state index in [9.17, 15) is 4.79 Å². The molecule has 0 bridgehead atoms. The minimum Gasteiger partial charge on any atom is -0.386 e. The number of aromatic nitrogens is 2. The topological polar surface area (TPSA) is 82.2 Å². The Bertz CT molecular complexity index is 586. The second-order valence-electron chi connectivity index (χ2n) is 4.86. The normalized spacial score (nSPS) is 13.5. The zero-order valence-corrected chi connectivity index (χ0v) is 13.2. The lowest BCUT2D eigenvalue weighted by Gasteiger charge is -2.27. The summed E-state index contributed by atoms with van der Waals surface area (Å²) in [6.07, 6.45) is 4.04. The number of hydrogen-bond donors (Lipinski definition) is 3. The van der Waals surface area contributed by atoms with E-state index in [1.165, 1.54) is 0 Å². The van der Waals surface area contributed by atoms with Crippen molar-refractivity contribution in [2.24, 2.45) is 0 Å². The highest BCUT2D eigenvalue weighted by atomic mass is 16.1. The number of amides is 1. The molecule has 0 spiro atoms. The molecule has 1 saturated heterocycles. The summed E-state index contributed by atoms with van der Waals surface area (Å²) in [6.45, 7) is 4.17. The summed E-state index contributed by atoms with van der Waals surface area (Å²) in [4.78, 5) is 20.4. The van der Waals surface area contributed by atoms with E-state index in [0.29, 0.717) is 6.41 Å². The maximum absolute atomic E-state index is 10.1. The average Bonchev–Trinajstić information content (AvgIpc) is 2.64. The molecule has 2 aromatic rings. The molecule has 23 heavy (non-hydrogen) atoms. The molecule has 1 aliphatic rings. The number of nitrogens with one attached hydrogen (secondary N) is 3. The number of nitrogens with zero attached hydrogens (tertiary/aromatic N) is 3. The summed E-state index contributed by atoms with van der Waals surface area (Å²) in [7, 11) is 1.81. The van der Waals surface area contributed by atoms with E-state index in [4.69, 9.17) is 0 Å². The van der Waals surface area contributed by atoms with Gasteiger partial charge in [0.25, 0.3) is 0 Å². The van der Waals surface area contributed by atoms with Gasteiger partial charge in [-0.1, -0.05) is 12.1 Å². The van der Waals surface area contributed by atoms with Crippen LogP contribution in [0.2, 0.25) is 0 Å². The van der Waals surface area contributed by atoms with Crippen LogP contribution in [0.5, 0.6) is 0 Å². The number of hydrogen-bond acceptors (Lipinski definition) is 6. The average molecular weight is 314 g/mol. The number of piperazine rings is 1. The zero-order valence-electron chi connectivity index (χ0n) is 13.2. The lowest BCUT2D eigenvalue weighted by molar-refractivity contribution is -0.105. The van der Waals surface area contributed by atoms with Crippen LogP contribution in [0.3, 0.4) is 0 Å². The molecule has 7 nitrogen and oxygen atoms in total. The largest absolute Gasteiger partial charge is 0.386 e. The molecular formula is C16H22N6O. The molecule has 0 saturated carbocycles. The lowest BCUT2D eigenvalue weighted by atomic mass is 10.3. The van der Waals surface area contributed by atoms with Gasteiger partial charge < -0.3 is 20.9 Å². The maximum Gasteiger partial charge on any atom is 0.211 e. The van der Waals surface area contributed by atoms with Crippen LogP contribution in [0.15, 0.2) is 42.9 Å². The van der Waals surface area contributed by atoms with E-state index in [-0.39, 0.29) is 0 Å². The highest BCUT2D eigenvalue weighted by molar-refractivity contribution is 5.80. The fourth-order valence-electron chi connectivity index (χ4n) is 2.26. The molecule has 0 unspecified atom stereocenters. The highest BCUT2D eigenvalue weighted by Crippen LogP contribution is 2.18. The Kier molecular flexibility index (Phi) is 6.80.